The van der Waals surface area contributed by atoms with E-state index in [-0.39, 0.29) is 5.78 Å². The van der Waals surface area contributed by atoms with Gasteiger partial charge in [-0.15, -0.1) is 0 Å². The van der Waals surface area contributed by atoms with Crippen LogP contribution in [0.3, 0.4) is 0 Å². The number of ether oxygens (including phenoxy) is 2. The lowest BCUT2D eigenvalue weighted by Gasteiger charge is -2.18. The standard InChI is InChI=1S/C22H17BrO4/c1-26-17-13-11-15(12-14-17)20(24)21(16-7-3-2-4-8-16)27-22(25)18-9-5-6-10-19(18)23/h2-14,21H,1H3/t21-/m0/s1. The van der Waals surface area contributed by atoms with E-state index in [9.17, 15) is 9.59 Å². The van der Waals surface area contributed by atoms with E-state index in [1.54, 1.807) is 79.9 Å². The predicted molar refractivity (Wildman–Crippen MR) is 106 cm³/mol. The van der Waals surface area contributed by atoms with Crippen molar-refractivity contribution >= 4 is 27.7 Å². The number of rotatable bonds is 6. The van der Waals surface area contributed by atoms with Gasteiger partial charge in [-0.2, -0.15) is 0 Å². The average Bonchev–Trinajstić information content (AvgIpc) is 2.72. The van der Waals surface area contributed by atoms with Gasteiger partial charge in [-0.25, -0.2) is 4.79 Å². The summed E-state index contributed by atoms with van der Waals surface area (Å²) in [5.41, 5.74) is 1.41. The van der Waals surface area contributed by atoms with Crippen LogP contribution < -0.4 is 4.74 Å². The monoisotopic (exact) mass is 424 g/mol. The van der Waals surface area contributed by atoms with Crippen LogP contribution in [0.25, 0.3) is 0 Å². The van der Waals surface area contributed by atoms with Gasteiger partial charge in [0.1, 0.15) is 5.75 Å². The van der Waals surface area contributed by atoms with Crippen LogP contribution in [0, 0.1) is 0 Å². The van der Waals surface area contributed by atoms with Gasteiger partial charge >= 0.3 is 5.97 Å². The highest BCUT2D eigenvalue weighted by Crippen LogP contribution is 2.26. The molecule has 27 heavy (non-hydrogen) atoms. The molecule has 0 bridgehead atoms. The third-order valence-corrected chi connectivity index (χ3v) is 4.73. The molecule has 3 aromatic carbocycles. The average molecular weight is 425 g/mol. The molecule has 0 saturated carbocycles. The Kier molecular flexibility index (Phi) is 6.04. The van der Waals surface area contributed by atoms with Gasteiger partial charge in [0.25, 0.3) is 0 Å². The predicted octanol–water partition coefficient (Wildman–Crippen LogP) is 5.24. The second-order valence-corrected chi connectivity index (χ2v) is 6.62. The molecule has 0 aliphatic rings. The first-order chi connectivity index (χ1) is 13.1. The number of benzene rings is 3. The summed E-state index contributed by atoms with van der Waals surface area (Å²) in [7, 11) is 1.56. The Hall–Kier alpha value is -2.92. The van der Waals surface area contributed by atoms with Gasteiger partial charge in [0.05, 0.1) is 12.7 Å². The zero-order chi connectivity index (χ0) is 19.2. The summed E-state index contributed by atoms with van der Waals surface area (Å²) in [4.78, 5) is 25.7. The van der Waals surface area contributed by atoms with Crippen LogP contribution in [0.4, 0.5) is 0 Å². The van der Waals surface area contributed by atoms with Gasteiger partial charge in [-0.3, -0.25) is 4.79 Å². The largest absolute Gasteiger partial charge is 0.497 e. The van der Waals surface area contributed by atoms with Crippen LogP contribution in [0.5, 0.6) is 5.75 Å². The van der Waals surface area contributed by atoms with Crippen molar-refractivity contribution in [2.45, 2.75) is 6.10 Å². The lowest BCUT2D eigenvalue weighted by atomic mass is 9.99. The maximum atomic E-state index is 13.1. The van der Waals surface area contributed by atoms with Gasteiger partial charge in [0.15, 0.2) is 6.10 Å². The third-order valence-electron chi connectivity index (χ3n) is 4.03. The topological polar surface area (TPSA) is 52.6 Å². The summed E-state index contributed by atoms with van der Waals surface area (Å²) in [6, 6.07) is 22.6. The maximum Gasteiger partial charge on any atom is 0.340 e. The number of methoxy groups -OCH3 is 1. The number of hydrogen-bond acceptors (Lipinski definition) is 4. The molecule has 0 heterocycles. The second kappa shape index (κ2) is 8.64. The molecule has 0 aliphatic carbocycles. The number of Topliss-reactive ketones (excluding diaryl/α,β-unsaturated/α-hetero) is 1. The molecule has 0 N–H and O–H groups in total. The minimum Gasteiger partial charge on any atom is -0.497 e. The molecule has 0 aliphatic heterocycles. The van der Waals surface area contributed by atoms with Crippen LogP contribution in [-0.2, 0) is 4.74 Å². The summed E-state index contributed by atoms with van der Waals surface area (Å²) < 4.78 is 11.4. The molecule has 0 radical (unpaired) electrons. The third kappa shape index (κ3) is 4.44. The van der Waals surface area contributed by atoms with Crippen molar-refractivity contribution in [2.24, 2.45) is 0 Å². The van der Waals surface area contributed by atoms with E-state index in [2.05, 4.69) is 15.9 Å². The molecular weight excluding hydrogens is 408 g/mol. The molecule has 3 aromatic rings. The Labute approximate surface area is 165 Å². The molecule has 5 heteroatoms. The van der Waals surface area contributed by atoms with Crippen LogP contribution in [0.15, 0.2) is 83.3 Å². The van der Waals surface area contributed by atoms with Crippen molar-refractivity contribution in [1.29, 1.82) is 0 Å². The second-order valence-electron chi connectivity index (χ2n) is 5.77. The molecule has 0 spiro atoms. The van der Waals surface area contributed by atoms with E-state index in [0.29, 0.717) is 26.9 Å². The maximum absolute atomic E-state index is 13.1. The SMILES string of the molecule is COc1ccc(C(=O)[C@@H](OC(=O)c2ccccc2Br)c2ccccc2)cc1. The van der Waals surface area contributed by atoms with Crippen LogP contribution in [0.1, 0.15) is 32.4 Å². The molecule has 0 fully saturated rings. The van der Waals surface area contributed by atoms with Crippen molar-refractivity contribution in [2.75, 3.05) is 7.11 Å². The number of carbonyl (C=O) groups excluding carboxylic acids is 2. The normalized spacial score (nSPS) is 11.5. The fraction of sp³-hybridized carbons (Fsp3) is 0.0909. The van der Waals surface area contributed by atoms with E-state index in [1.165, 1.54) is 0 Å². The van der Waals surface area contributed by atoms with Crippen LogP contribution in [-0.4, -0.2) is 18.9 Å². The van der Waals surface area contributed by atoms with Crippen molar-refractivity contribution in [3.63, 3.8) is 0 Å². The summed E-state index contributed by atoms with van der Waals surface area (Å²) in [6.07, 6.45) is -1.04. The number of halogens is 1. The zero-order valence-electron chi connectivity index (χ0n) is 14.6. The summed E-state index contributed by atoms with van der Waals surface area (Å²) in [6.45, 7) is 0. The highest BCUT2D eigenvalue weighted by atomic mass is 79.9. The van der Waals surface area contributed by atoms with Crippen LogP contribution in [0.2, 0.25) is 0 Å². The number of ketones is 1. The Balaban J connectivity index is 1.92. The molecule has 0 unspecified atom stereocenters. The fourth-order valence-corrected chi connectivity index (χ4v) is 3.05. The Morgan fingerprint density at radius 3 is 2.11 bits per heavy atom. The lowest BCUT2D eigenvalue weighted by Crippen LogP contribution is -2.20. The molecule has 4 nitrogen and oxygen atoms in total. The van der Waals surface area contributed by atoms with Crippen LogP contribution >= 0.6 is 15.9 Å². The summed E-state index contributed by atoms with van der Waals surface area (Å²) >= 11 is 3.34. The van der Waals surface area contributed by atoms with Crippen molar-refractivity contribution in [3.05, 3.63) is 100 Å². The van der Waals surface area contributed by atoms with E-state index in [1.807, 2.05) is 6.07 Å². The Bertz CT molecular complexity index is 936. The first-order valence-corrected chi connectivity index (χ1v) is 9.08. The Morgan fingerprint density at radius 2 is 1.48 bits per heavy atom. The molecule has 0 amide bonds. The van der Waals surface area contributed by atoms with Gasteiger partial charge < -0.3 is 9.47 Å². The highest BCUT2D eigenvalue weighted by molar-refractivity contribution is 9.10. The molecule has 1 atom stereocenters. The Morgan fingerprint density at radius 1 is 0.852 bits per heavy atom. The van der Waals surface area contributed by atoms with E-state index < -0.39 is 12.1 Å². The number of esters is 1. The van der Waals surface area contributed by atoms with Crippen molar-refractivity contribution in [3.8, 4) is 5.75 Å². The molecule has 136 valence electrons. The van der Waals surface area contributed by atoms with E-state index in [0.717, 1.165) is 0 Å². The van der Waals surface area contributed by atoms with Gasteiger partial charge in [0.2, 0.25) is 5.78 Å². The van der Waals surface area contributed by atoms with E-state index in [4.69, 9.17) is 9.47 Å². The highest BCUT2D eigenvalue weighted by Gasteiger charge is 2.27. The van der Waals surface area contributed by atoms with Crippen molar-refractivity contribution in [1.82, 2.24) is 0 Å². The van der Waals surface area contributed by atoms with Gasteiger partial charge in [0, 0.05) is 15.6 Å². The number of carbonyl (C=O) groups is 2. The van der Waals surface area contributed by atoms with E-state index >= 15 is 0 Å². The first-order valence-electron chi connectivity index (χ1n) is 8.29. The van der Waals surface area contributed by atoms with Gasteiger partial charge in [-0.05, 0) is 52.3 Å². The minimum absolute atomic E-state index is 0.302. The summed E-state index contributed by atoms with van der Waals surface area (Å²) in [5.74, 6) is -0.226. The molecule has 0 aromatic heterocycles. The molecule has 0 saturated heterocycles. The summed E-state index contributed by atoms with van der Waals surface area (Å²) in [5, 5.41) is 0. The fourth-order valence-electron chi connectivity index (χ4n) is 2.60. The zero-order valence-corrected chi connectivity index (χ0v) is 16.2. The smallest absolute Gasteiger partial charge is 0.340 e. The molecule has 3 rings (SSSR count). The quantitative estimate of drug-likeness (QED) is 0.401. The molecular formula is C22H17BrO4. The van der Waals surface area contributed by atoms with Gasteiger partial charge in [-0.1, -0.05) is 42.5 Å². The number of hydrogen-bond donors (Lipinski definition) is 0. The lowest BCUT2D eigenvalue weighted by molar-refractivity contribution is 0.0279. The first kappa shape index (κ1) is 18.9. The minimum atomic E-state index is -1.04. The van der Waals surface area contributed by atoms with Crippen molar-refractivity contribution < 1.29 is 19.1 Å².